The number of anilines is 1. The molecule has 1 saturated heterocycles. The van der Waals surface area contributed by atoms with E-state index in [1.54, 1.807) is 4.90 Å². The number of aryl methyl sites for hydroxylation is 2. The van der Waals surface area contributed by atoms with Crippen LogP contribution >= 0.6 is 0 Å². The summed E-state index contributed by atoms with van der Waals surface area (Å²) in [6.45, 7) is 10.8. The van der Waals surface area contributed by atoms with Gasteiger partial charge in [-0.25, -0.2) is 0 Å². The van der Waals surface area contributed by atoms with E-state index in [1.165, 1.54) is 0 Å². The third-order valence-electron chi connectivity index (χ3n) is 4.09. The number of rotatable bonds is 2. The van der Waals surface area contributed by atoms with Crippen LogP contribution in [0.1, 0.15) is 31.9 Å². The predicted octanol–water partition coefficient (Wildman–Crippen LogP) is 2.52. The van der Waals surface area contributed by atoms with Crippen molar-refractivity contribution < 1.29 is 9.59 Å². The summed E-state index contributed by atoms with van der Waals surface area (Å²) in [5.74, 6) is -0.0204. The summed E-state index contributed by atoms with van der Waals surface area (Å²) in [5.41, 5.74) is 3.19. The number of carbonyl (C=O) groups is 2. The topological polar surface area (TPSA) is 40.6 Å². The molecule has 4 nitrogen and oxygen atoms in total. The van der Waals surface area contributed by atoms with Gasteiger partial charge in [0.2, 0.25) is 11.8 Å². The summed E-state index contributed by atoms with van der Waals surface area (Å²) in [7, 11) is 0. The monoisotopic (exact) mass is 288 g/mol. The molecular weight excluding hydrogens is 264 g/mol. The van der Waals surface area contributed by atoms with Crippen LogP contribution in [0, 0.1) is 19.8 Å². The first-order valence-electron chi connectivity index (χ1n) is 7.52. The predicted molar refractivity (Wildman–Crippen MR) is 84.3 cm³/mol. The van der Waals surface area contributed by atoms with Crippen LogP contribution in [0.25, 0.3) is 0 Å². The minimum atomic E-state index is -0.395. The first-order chi connectivity index (χ1) is 9.82. The molecule has 2 rings (SSSR count). The average molecular weight is 288 g/mol. The van der Waals surface area contributed by atoms with Crippen LogP contribution in [-0.4, -0.2) is 35.8 Å². The molecule has 0 radical (unpaired) electrons. The Morgan fingerprint density at radius 1 is 1.24 bits per heavy atom. The van der Waals surface area contributed by atoms with Gasteiger partial charge in [0.25, 0.3) is 0 Å². The molecule has 4 heteroatoms. The van der Waals surface area contributed by atoms with Crippen molar-refractivity contribution in [2.75, 3.05) is 18.0 Å². The highest BCUT2D eigenvalue weighted by atomic mass is 16.2. The van der Waals surface area contributed by atoms with Crippen LogP contribution in [0.4, 0.5) is 5.69 Å². The molecule has 0 bridgehead atoms. The molecule has 0 aliphatic carbocycles. The Bertz CT molecular complexity index is 566. The fourth-order valence-electron chi connectivity index (χ4n) is 2.75. The number of nitrogens with zero attached hydrogens (tertiary/aromatic N) is 2. The highest BCUT2D eigenvalue weighted by molar-refractivity contribution is 6.00. The minimum absolute atomic E-state index is 0.00366. The Hall–Kier alpha value is -1.84. The molecule has 1 atom stereocenters. The van der Waals surface area contributed by atoms with E-state index in [-0.39, 0.29) is 17.7 Å². The molecule has 1 aliphatic rings. The lowest BCUT2D eigenvalue weighted by atomic mass is 10.0. The van der Waals surface area contributed by atoms with Crippen LogP contribution in [0.2, 0.25) is 0 Å². The molecule has 1 fully saturated rings. The van der Waals surface area contributed by atoms with E-state index < -0.39 is 6.04 Å². The second kappa shape index (κ2) is 5.88. The molecule has 1 aromatic carbocycles. The van der Waals surface area contributed by atoms with E-state index in [9.17, 15) is 9.59 Å². The van der Waals surface area contributed by atoms with Crippen molar-refractivity contribution in [2.45, 2.75) is 40.7 Å². The van der Waals surface area contributed by atoms with Crippen molar-refractivity contribution in [2.24, 2.45) is 5.92 Å². The van der Waals surface area contributed by atoms with Crippen LogP contribution in [0.5, 0.6) is 0 Å². The Labute approximate surface area is 126 Å². The summed E-state index contributed by atoms with van der Waals surface area (Å²) >= 11 is 0. The van der Waals surface area contributed by atoms with Gasteiger partial charge in [-0.2, -0.15) is 0 Å². The van der Waals surface area contributed by atoms with Gasteiger partial charge in [-0.1, -0.05) is 26.0 Å². The van der Waals surface area contributed by atoms with Gasteiger partial charge in [-0.05, 0) is 38.0 Å². The molecule has 0 unspecified atom stereocenters. The number of hydrogen-bond acceptors (Lipinski definition) is 2. The van der Waals surface area contributed by atoms with Gasteiger partial charge < -0.3 is 9.80 Å². The Balaban J connectivity index is 2.26. The molecule has 0 spiro atoms. The third kappa shape index (κ3) is 2.94. The van der Waals surface area contributed by atoms with Crippen molar-refractivity contribution in [3.8, 4) is 0 Å². The third-order valence-corrected chi connectivity index (χ3v) is 4.09. The maximum Gasteiger partial charge on any atom is 0.249 e. The molecular formula is C17H24N2O2. The van der Waals surface area contributed by atoms with Crippen LogP contribution < -0.4 is 4.90 Å². The lowest BCUT2D eigenvalue weighted by molar-refractivity contribution is -0.143. The smallest absolute Gasteiger partial charge is 0.249 e. The minimum Gasteiger partial charge on any atom is -0.329 e. The zero-order chi connectivity index (χ0) is 15.7. The fourth-order valence-corrected chi connectivity index (χ4v) is 2.75. The van der Waals surface area contributed by atoms with Crippen molar-refractivity contribution in [3.05, 3.63) is 29.3 Å². The molecule has 2 amide bonds. The highest BCUT2D eigenvalue weighted by Crippen LogP contribution is 2.25. The van der Waals surface area contributed by atoms with Gasteiger partial charge in [-0.15, -0.1) is 0 Å². The Morgan fingerprint density at radius 2 is 1.90 bits per heavy atom. The largest absolute Gasteiger partial charge is 0.329 e. The highest BCUT2D eigenvalue weighted by Gasteiger charge is 2.35. The summed E-state index contributed by atoms with van der Waals surface area (Å²) in [6.07, 6.45) is 0. The molecule has 0 saturated carbocycles. The first kappa shape index (κ1) is 15.5. The van der Waals surface area contributed by atoms with E-state index in [1.807, 2.05) is 57.7 Å². The Kier molecular flexibility index (Phi) is 4.35. The molecule has 1 aromatic rings. The van der Waals surface area contributed by atoms with Gasteiger partial charge in [0.05, 0.1) is 0 Å². The lowest BCUT2D eigenvalue weighted by Crippen LogP contribution is -2.58. The number of amides is 2. The van der Waals surface area contributed by atoms with Gasteiger partial charge in [-0.3, -0.25) is 9.59 Å². The van der Waals surface area contributed by atoms with Gasteiger partial charge in [0.15, 0.2) is 0 Å². The molecule has 1 aliphatic heterocycles. The molecule has 1 heterocycles. The summed E-state index contributed by atoms with van der Waals surface area (Å²) in [5, 5.41) is 0. The van der Waals surface area contributed by atoms with Crippen molar-refractivity contribution in [3.63, 3.8) is 0 Å². The van der Waals surface area contributed by atoms with E-state index in [4.69, 9.17) is 0 Å². The summed E-state index contributed by atoms with van der Waals surface area (Å²) in [6, 6.07) is 5.73. The van der Waals surface area contributed by atoms with Gasteiger partial charge >= 0.3 is 0 Å². The SMILES string of the molecule is Cc1ccc(C)c(N2CCN(C(=O)C(C)C)[C@H](C)C2=O)c1. The quantitative estimate of drug-likeness (QED) is 0.839. The second-order valence-corrected chi connectivity index (χ2v) is 6.14. The van der Waals surface area contributed by atoms with Crippen molar-refractivity contribution in [1.29, 1.82) is 0 Å². The molecule has 114 valence electrons. The number of piperazine rings is 1. The molecule has 0 aromatic heterocycles. The van der Waals surface area contributed by atoms with Gasteiger partial charge in [0, 0.05) is 24.7 Å². The van der Waals surface area contributed by atoms with E-state index in [0.717, 1.165) is 16.8 Å². The maximum absolute atomic E-state index is 12.7. The molecule has 0 N–H and O–H groups in total. The first-order valence-corrected chi connectivity index (χ1v) is 7.52. The zero-order valence-electron chi connectivity index (χ0n) is 13.5. The fraction of sp³-hybridized carbons (Fsp3) is 0.529. The number of carbonyl (C=O) groups excluding carboxylic acids is 2. The van der Waals surface area contributed by atoms with Crippen LogP contribution in [0.15, 0.2) is 18.2 Å². The number of hydrogen-bond donors (Lipinski definition) is 0. The van der Waals surface area contributed by atoms with Gasteiger partial charge in [0.1, 0.15) is 6.04 Å². The number of benzene rings is 1. The van der Waals surface area contributed by atoms with E-state index >= 15 is 0 Å². The van der Waals surface area contributed by atoms with E-state index in [0.29, 0.717) is 13.1 Å². The van der Waals surface area contributed by atoms with Crippen LogP contribution in [0.3, 0.4) is 0 Å². The van der Waals surface area contributed by atoms with E-state index in [2.05, 4.69) is 0 Å². The Morgan fingerprint density at radius 3 is 2.52 bits per heavy atom. The standard InChI is InChI=1S/C17H24N2O2/c1-11(2)16(20)18-8-9-19(17(21)14(18)5)15-10-12(3)6-7-13(15)4/h6-7,10-11,14H,8-9H2,1-5H3/t14-/m1/s1. The zero-order valence-corrected chi connectivity index (χ0v) is 13.5. The average Bonchev–Trinajstić information content (AvgIpc) is 2.44. The summed E-state index contributed by atoms with van der Waals surface area (Å²) in [4.78, 5) is 28.4. The lowest BCUT2D eigenvalue weighted by Gasteiger charge is -2.40. The van der Waals surface area contributed by atoms with Crippen LogP contribution in [-0.2, 0) is 9.59 Å². The van der Waals surface area contributed by atoms with Crippen molar-refractivity contribution >= 4 is 17.5 Å². The van der Waals surface area contributed by atoms with Crippen molar-refractivity contribution in [1.82, 2.24) is 4.90 Å². The molecule has 21 heavy (non-hydrogen) atoms. The maximum atomic E-state index is 12.7. The second-order valence-electron chi connectivity index (χ2n) is 6.14. The normalized spacial score (nSPS) is 19.3. The summed E-state index contributed by atoms with van der Waals surface area (Å²) < 4.78 is 0.